The minimum absolute atomic E-state index is 0. The third-order valence-electron chi connectivity index (χ3n) is 10.7. The molecule has 0 saturated heterocycles. The Bertz CT molecular complexity index is 2040. The van der Waals surface area contributed by atoms with E-state index in [4.69, 9.17) is 0 Å². The van der Waals surface area contributed by atoms with Gasteiger partial charge in [0.05, 0.1) is 8.07 Å². The summed E-state index contributed by atoms with van der Waals surface area (Å²) in [5.74, 6) is 0. The van der Waals surface area contributed by atoms with Crippen molar-refractivity contribution in [1.82, 2.24) is 0 Å². The zero-order valence-corrected chi connectivity index (χ0v) is 36.8. The molecule has 7 aromatic rings. The van der Waals surface area contributed by atoms with Gasteiger partial charge in [-0.1, -0.05) is 150 Å². The molecule has 0 fully saturated rings. The fourth-order valence-corrected chi connectivity index (χ4v) is 11.0. The molecule has 7 rings (SSSR count). The minimum atomic E-state index is -2.17. The first kappa shape index (κ1) is 40.2. The second-order valence-electron chi connectivity index (χ2n) is 16.1. The van der Waals surface area contributed by atoms with Crippen LogP contribution in [0.15, 0.2) is 140 Å². The van der Waals surface area contributed by atoms with Gasteiger partial charge in [0.2, 0.25) is 0 Å². The van der Waals surface area contributed by atoms with Crippen LogP contribution in [0.4, 0.5) is 0 Å². The molecular weight excluding hydrogens is 795 g/mol. The number of hydrogen-bond donors (Lipinski definition) is 0. The van der Waals surface area contributed by atoms with Crippen LogP contribution >= 0.6 is 0 Å². The van der Waals surface area contributed by atoms with Gasteiger partial charge < -0.3 is 14.9 Å². The largest absolute Gasteiger partial charge is 4.00 e. The van der Waals surface area contributed by atoms with Crippen LogP contribution in [0.2, 0.25) is 12.6 Å². The topological polar surface area (TPSA) is 0 Å². The quantitative estimate of drug-likeness (QED) is 0.111. The first-order chi connectivity index (χ1) is 22.9. The average molecular weight is 850 g/mol. The van der Waals surface area contributed by atoms with Crippen molar-refractivity contribution in [3.05, 3.63) is 171 Å². The zero-order valence-electron chi connectivity index (χ0n) is 32.2. The molecule has 0 aliphatic heterocycles. The van der Waals surface area contributed by atoms with Crippen molar-refractivity contribution >= 4 is 40.0 Å². The second kappa shape index (κ2) is 15.6. The molecule has 258 valence electrons. The van der Waals surface area contributed by atoms with Gasteiger partial charge >= 0.3 is 25.8 Å². The molecular formula is C49H54HfSi. The maximum atomic E-state index is 2.61. The summed E-state index contributed by atoms with van der Waals surface area (Å²) < 4.78 is 0. The number of fused-ring (bicyclic) bond motifs is 2. The molecule has 0 radical (unpaired) electrons. The third-order valence-corrected chi connectivity index (χ3v) is 15.0. The number of aryl methyl sites for hydroxylation is 1. The molecule has 0 saturated carbocycles. The van der Waals surface area contributed by atoms with Gasteiger partial charge in [-0.2, -0.15) is 12.1 Å². The van der Waals surface area contributed by atoms with E-state index in [1.165, 1.54) is 70.9 Å². The van der Waals surface area contributed by atoms with E-state index in [1.54, 1.807) is 0 Å². The molecule has 0 nitrogen and oxygen atoms in total. The monoisotopic (exact) mass is 850 g/mol. The van der Waals surface area contributed by atoms with Gasteiger partial charge in [-0.25, -0.2) is 0 Å². The molecule has 0 bridgehead atoms. The van der Waals surface area contributed by atoms with Crippen molar-refractivity contribution in [3.63, 3.8) is 0 Å². The molecule has 2 heteroatoms. The molecule has 0 N–H and O–H groups in total. The van der Waals surface area contributed by atoms with Crippen molar-refractivity contribution in [3.8, 4) is 22.3 Å². The van der Waals surface area contributed by atoms with Crippen LogP contribution in [0.3, 0.4) is 0 Å². The molecule has 0 aromatic heterocycles. The summed E-state index contributed by atoms with van der Waals surface area (Å²) in [4.78, 5) is 0. The summed E-state index contributed by atoms with van der Waals surface area (Å²) >= 11 is 0. The van der Waals surface area contributed by atoms with Gasteiger partial charge in [-0.15, -0.1) is 68.3 Å². The van der Waals surface area contributed by atoms with Crippen LogP contribution in [0, 0.1) is 14.9 Å². The normalized spacial score (nSPS) is 11.9. The standard InChI is InChI=1S/C47H48Si.2CH3.Hf/c1-46(2,3)38-23-19-34(20-24-38)42-17-11-15-36-29-40(31-44(36)42)48(7,28-27-33-13-9-8-10-14-33)41-30-37-16-12-18-43(45(37)32-41)35-21-25-39(26-22-35)47(4,5)6;;;/h8-26,29-32H,27-28H2,1-7H3;2*1H3;/q-2;2*-1;+4. The van der Waals surface area contributed by atoms with Gasteiger partial charge in [0, 0.05) is 0 Å². The number of rotatable bonds is 7. The average Bonchev–Trinajstić information content (AvgIpc) is 3.73. The molecule has 0 amide bonds. The summed E-state index contributed by atoms with van der Waals surface area (Å²) in [5.41, 5.74) is 9.68. The summed E-state index contributed by atoms with van der Waals surface area (Å²) in [5, 5.41) is 8.47. The Morgan fingerprint density at radius 1 is 0.510 bits per heavy atom. The van der Waals surface area contributed by atoms with Crippen LogP contribution in [-0.4, -0.2) is 8.07 Å². The van der Waals surface area contributed by atoms with E-state index in [0.717, 1.165) is 12.5 Å². The third kappa shape index (κ3) is 8.08. The van der Waals surface area contributed by atoms with Crippen molar-refractivity contribution in [2.75, 3.05) is 0 Å². The molecule has 0 heterocycles. The minimum Gasteiger partial charge on any atom is -0.358 e. The van der Waals surface area contributed by atoms with Crippen molar-refractivity contribution in [1.29, 1.82) is 0 Å². The van der Waals surface area contributed by atoms with Gasteiger partial charge in [-0.3, -0.25) is 0 Å². The Kier molecular flexibility index (Phi) is 12.3. The maximum absolute atomic E-state index is 2.61. The Balaban J connectivity index is 0.00000194. The van der Waals surface area contributed by atoms with E-state index >= 15 is 0 Å². The van der Waals surface area contributed by atoms with Crippen molar-refractivity contribution in [2.45, 2.75) is 71.4 Å². The maximum Gasteiger partial charge on any atom is 4.00 e. The van der Waals surface area contributed by atoms with E-state index in [1.807, 2.05) is 0 Å². The Morgan fingerprint density at radius 2 is 0.922 bits per heavy atom. The Hall–Kier alpha value is -3.59. The predicted molar refractivity (Wildman–Crippen MR) is 226 cm³/mol. The van der Waals surface area contributed by atoms with Crippen molar-refractivity contribution < 1.29 is 25.8 Å². The molecule has 7 aromatic carbocycles. The summed E-state index contributed by atoms with van der Waals surface area (Å²) in [6, 6.07) is 54.5. The van der Waals surface area contributed by atoms with Crippen molar-refractivity contribution in [2.24, 2.45) is 0 Å². The molecule has 0 spiro atoms. The summed E-state index contributed by atoms with van der Waals surface area (Å²) in [6.45, 7) is 16.3. The van der Waals surface area contributed by atoms with Gasteiger partial charge in [-0.05, 0) is 51.1 Å². The number of hydrogen-bond acceptors (Lipinski definition) is 0. The van der Waals surface area contributed by atoms with Gasteiger partial charge in [0.25, 0.3) is 0 Å². The SMILES string of the molecule is CC(C)(C)c1ccc(-c2cccc3[cH-]c([Si](C)(CCc4ccccc4)c4cc5c(-c6ccc(C(C)(C)C)cc6)cccc5[cH-]4)cc23)cc1.[CH3-].[CH3-].[Hf+4]. The first-order valence-electron chi connectivity index (χ1n) is 17.6. The number of benzene rings is 5. The summed E-state index contributed by atoms with van der Waals surface area (Å²) in [6.07, 6.45) is 1.08. The second-order valence-corrected chi connectivity index (χ2v) is 20.4. The first-order valence-corrected chi connectivity index (χ1v) is 20.3. The van der Waals surface area contributed by atoms with Crippen LogP contribution in [0.5, 0.6) is 0 Å². The van der Waals surface area contributed by atoms with E-state index in [-0.39, 0.29) is 51.5 Å². The molecule has 0 aliphatic rings. The fourth-order valence-electron chi connectivity index (χ4n) is 7.40. The van der Waals surface area contributed by atoms with Crippen LogP contribution in [0.25, 0.3) is 43.8 Å². The van der Waals surface area contributed by atoms with Gasteiger partial charge in [0.1, 0.15) is 0 Å². The van der Waals surface area contributed by atoms with Crippen LogP contribution in [-0.2, 0) is 43.1 Å². The van der Waals surface area contributed by atoms with Crippen LogP contribution in [0.1, 0.15) is 58.2 Å². The zero-order chi connectivity index (χ0) is 33.7. The molecule has 0 unspecified atom stereocenters. The van der Waals surface area contributed by atoms with E-state index in [9.17, 15) is 0 Å². The van der Waals surface area contributed by atoms with E-state index in [0.29, 0.717) is 0 Å². The molecule has 0 atom stereocenters. The van der Waals surface area contributed by atoms with E-state index < -0.39 is 8.07 Å². The molecule has 0 aliphatic carbocycles. The smallest absolute Gasteiger partial charge is 0.358 e. The predicted octanol–water partition coefficient (Wildman–Crippen LogP) is 12.7. The Labute approximate surface area is 328 Å². The van der Waals surface area contributed by atoms with E-state index in [2.05, 4.69) is 188 Å². The fraction of sp³-hybridized carbons (Fsp3) is 0.224. The van der Waals surface area contributed by atoms with Crippen LogP contribution < -0.4 is 10.4 Å². The van der Waals surface area contributed by atoms with Gasteiger partial charge in [0.15, 0.2) is 0 Å². The summed E-state index contributed by atoms with van der Waals surface area (Å²) in [7, 11) is -2.17. The Morgan fingerprint density at radius 3 is 1.31 bits per heavy atom. The molecule has 51 heavy (non-hydrogen) atoms.